The standard InChI is InChI=1S/C18H27NO5S.C17H24N2O2.CH4/c1-6-14-11-15(12-19(14)17(20)23-18(3,4)5)24-25(21,22)16-9-7-13(2)8-10-16;1-17(2,3)21-16(20)19-12-14-9-15(19)11-18(14)10-13-7-5-4-6-8-13;/h7-10,14-15H,6,11-12H2,1-5H3;4-8,14-15H,9-12H2,1-3H3;1H4/t2*14-,15-;/m00./s1. The van der Waals surface area contributed by atoms with Gasteiger partial charge in [0, 0.05) is 37.8 Å². The first-order valence-corrected chi connectivity index (χ1v) is 17.6. The van der Waals surface area contributed by atoms with E-state index in [-0.39, 0.29) is 31.0 Å². The summed E-state index contributed by atoms with van der Waals surface area (Å²) in [6.07, 6.45) is 1.10. The summed E-state index contributed by atoms with van der Waals surface area (Å²) in [4.78, 5) is 30.6. The Kier molecular flexibility index (Phi) is 12.5. The van der Waals surface area contributed by atoms with Crippen molar-refractivity contribution in [3.8, 4) is 0 Å². The fourth-order valence-electron chi connectivity index (χ4n) is 6.12. The third-order valence-corrected chi connectivity index (χ3v) is 9.63. The van der Waals surface area contributed by atoms with Crippen LogP contribution in [0.5, 0.6) is 0 Å². The third-order valence-electron chi connectivity index (χ3n) is 8.26. The van der Waals surface area contributed by atoms with E-state index in [2.05, 4.69) is 29.2 Å². The van der Waals surface area contributed by atoms with Gasteiger partial charge in [-0.3, -0.25) is 9.08 Å². The Morgan fingerprint density at radius 1 is 0.787 bits per heavy atom. The predicted molar refractivity (Wildman–Crippen MR) is 184 cm³/mol. The smallest absolute Gasteiger partial charge is 0.410 e. The highest BCUT2D eigenvalue weighted by Gasteiger charge is 2.46. The number of piperazine rings is 1. The zero-order valence-electron chi connectivity index (χ0n) is 28.6. The van der Waals surface area contributed by atoms with E-state index in [1.54, 1.807) is 37.8 Å². The summed E-state index contributed by atoms with van der Waals surface area (Å²) in [5, 5.41) is 0. The Balaban J connectivity index is 0.000000253. The van der Waals surface area contributed by atoms with Gasteiger partial charge < -0.3 is 19.3 Å². The van der Waals surface area contributed by atoms with E-state index in [0.717, 1.165) is 31.6 Å². The number of hydrogen-bond donors (Lipinski definition) is 0. The van der Waals surface area contributed by atoms with Crippen molar-refractivity contribution >= 4 is 22.3 Å². The topological polar surface area (TPSA) is 106 Å². The maximum atomic E-state index is 12.4. The number of fused-ring (bicyclic) bond motifs is 2. The quantitative estimate of drug-likeness (QED) is 0.302. The van der Waals surface area contributed by atoms with Gasteiger partial charge in [-0.25, -0.2) is 9.59 Å². The summed E-state index contributed by atoms with van der Waals surface area (Å²) in [6.45, 7) is 17.9. The minimum atomic E-state index is -3.86. The Morgan fingerprint density at radius 3 is 1.87 bits per heavy atom. The summed E-state index contributed by atoms with van der Waals surface area (Å²) in [7, 11) is -3.86. The van der Waals surface area contributed by atoms with Crippen LogP contribution in [0.15, 0.2) is 59.5 Å². The molecule has 2 aromatic rings. The first kappa shape index (κ1) is 38.3. The van der Waals surface area contributed by atoms with Crippen LogP contribution in [-0.2, 0) is 30.3 Å². The van der Waals surface area contributed by atoms with Crippen LogP contribution >= 0.6 is 0 Å². The van der Waals surface area contributed by atoms with Crippen LogP contribution in [0.1, 0.15) is 86.3 Å². The Morgan fingerprint density at radius 2 is 1.36 bits per heavy atom. The van der Waals surface area contributed by atoms with Crippen LogP contribution in [0, 0.1) is 6.92 Å². The number of carbonyl (C=O) groups excluding carboxylic acids is 2. The predicted octanol–water partition coefficient (Wildman–Crippen LogP) is 7.00. The van der Waals surface area contributed by atoms with E-state index in [1.807, 2.05) is 45.6 Å². The van der Waals surface area contributed by atoms with E-state index in [4.69, 9.17) is 13.7 Å². The van der Waals surface area contributed by atoms with E-state index in [9.17, 15) is 18.0 Å². The van der Waals surface area contributed by atoms with E-state index >= 15 is 0 Å². The Labute approximate surface area is 282 Å². The zero-order chi connectivity index (χ0) is 33.9. The lowest BCUT2D eigenvalue weighted by Gasteiger charge is -2.35. The van der Waals surface area contributed by atoms with Crippen LogP contribution in [-0.4, -0.2) is 90.4 Å². The lowest BCUT2D eigenvalue weighted by Crippen LogP contribution is -2.49. The van der Waals surface area contributed by atoms with Gasteiger partial charge in [0.05, 0.1) is 17.5 Å². The number of rotatable bonds is 6. The van der Waals surface area contributed by atoms with E-state index in [1.165, 1.54) is 17.7 Å². The van der Waals surface area contributed by atoms with Gasteiger partial charge in [-0.15, -0.1) is 0 Å². The average molecular weight is 674 g/mol. The lowest BCUT2D eigenvalue weighted by molar-refractivity contribution is 0.0123. The minimum absolute atomic E-state index is 0. The highest BCUT2D eigenvalue weighted by atomic mass is 32.2. The molecule has 3 saturated heterocycles. The van der Waals surface area contributed by atoms with Crippen LogP contribution in [0.25, 0.3) is 0 Å². The average Bonchev–Trinajstić information content (AvgIpc) is 3.66. The first-order valence-electron chi connectivity index (χ1n) is 16.2. The molecule has 3 fully saturated rings. The molecule has 3 aliphatic heterocycles. The van der Waals surface area contributed by atoms with Crippen molar-refractivity contribution in [3.05, 3.63) is 65.7 Å². The van der Waals surface area contributed by atoms with E-state index < -0.39 is 33.5 Å². The fraction of sp³-hybridized carbons (Fsp3) is 0.611. The van der Waals surface area contributed by atoms with Gasteiger partial charge in [0.15, 0.2) is 0 Å². The molecule has 2 bridgehead atoms. The highest BCUT2D eigenvalue weighted by Crippen LogP contribution is 2.33. The Hall–Kier alpha value is -3.15. The lowest BCUT2D eigenvalue weighted by atomic mass is 10.1. The van der Waals surface area contributed by atoms with Crippen LogP contribution < -0.4 is 0 Å². The third kappa shape index (κ3) is 10.7. The molecule has 2 aromatic carbocycles. The van der Waals surface area contributed by atoms with Crippen molar-refractivity contribution in [1.29, 1.82) is 0 Å². The second-order valence-corrected chi connectivity index (χ2v) is 16.1. The highest BCUT2D eigenvalue weighted by molar-refractivity contribution is 7.86. The summed E-state index contributed by atoms with van der Waals surface area (Å²) in [5.41, 5.74) is 1.31. The summed E-state index contributed by atoms with van der Waals surface area (Å²) in [5.74, 6) is 0. The molecular weight excluding hydrogens is 618 g/mol. The van der Waals surface area contributed by atoms with Gasteiger partial charge in [0.25, 0.3) is 10.1 Å². The maximum absolute atomic E-state index is 12.4. The van der Waals surface area contributed by atoms with Crippen molar-refractivity contribution in [3.63, 3.8) is 0 Å². The number of aryl methyl sites for hydroxylation is 1. The van der Waals surface area contributed by atoms with Crippen LogP contribution in [0.4, 0.5) is 9.59 Å². The summed E-state index contributed by atoms with van der Waals surface area (Å²) >= 11 is 0. The molecule has 3 heterocycles. The van der Waals surface area contributed by atoms with Crippen LogP contribution in [0.2, 0.25) is 0 Å². The maximum Gasteiger partial charge on any atom is 0.410 e. The molecule has 0 aliphatic carbocycles. The Bertz CT molecular complexity index is 1440. The molecule has 2 amide bonds. The molecule has 0 spiro atoms. The molecule has 262 valence electrons. The first-order chi connectivity index (χ1) is 21.4. The summed E-state index contributed by atoms with van der Waals surface area (Å²) in [6, 6.07) is 17.8. The van der Waals surface area contributed by atoms with Crippen LogP contribution in [0.3, 0.4) is 0 Å². The molecular formula is C36H55N3O7S. The zero-order valence-corrected chi connectivity index (χ0v) is 29.4. The molecule has 47 heavy (non-hydrogen) atoms. The number of hydrogen-bond acceptors (Lipinski definition) is 8. The number of likely N-dealkylation sites (tertiary alicyclic amines) is 3. The molecule has 0 unspecified atom stereocenters. The van der Waals surface area contributed by atoms with Gasteiger partial charge in [-0.1, -0.05) is 62.4 Å². The molecule has 10 nitrogen and oxygen atoms in total. The minimum Gasteiger partial charge on any atom is -0.444 e. The van der Waals surface area contributed by atoms with Gasteiger partial charge in [-0.05, 0) is 85.4 Å². The molecule has 0 aromatic heterocycles. The van der Waals surface area contributed by atoms with E-state index in [0.29, 0.717) is 24.9 Å². The second-order valence-electron chi connectivity index (χ2n) is 14.5. The molecule has 0 radical (unpaired) electrons. The fourth-order valence-corrected chi connectivity index (χ4v) is 7.20. The molecule has 0 N–H and O–H groups in total. The molecule has 0 saturated carbocycles. The molecule has 5 rings (SSSR count). The number of amides is 2. The number of carbonyl (C=O) groups is 2. The second kappa shape index (κ2) is 15.4. The largest absolute Gasteiger partial charge is 0.444 e. The van der Waals surface area contributed by atoms with Gasteiger partial charge in [0.2, 0.25) is 0 Å². The normalized spacial score (nSPS) is 22.7. The van der Waals surface area contributed by atoms with Crippen molar-refractivity contribution < 1.29 is 31.7 Å². The van der Waals surface area contributed by atoms with Crippen molar-refractivity contribution in [2.45, 2.75) is 129 Å². The molecule has 4 atom stereocenters. The molecule has 11 heteroatoms. The van der Waals surface area contributed by atoms with Gasteiger partial charge in [-0.2, -0.15) is 8.42 Å². The SMILES string of the molecule is C.CC(C)(C)OC(=O)N1C[C@@H]2C[C@H]1CN2Cc1ccccc1.CC[C@H]1C[C@H](OS(=O)(=O)c2ccc(C)cc2)CN1C(=O)OC(C)(C)C. The number of ether oxygens (including phenoxy) is 2. The van der Waals surface area contributed by atoms with Crippen molar-refractivity contribution in [1.82, 2.24) is 14.7 Å². The van der Waals surface area contributed by atoms with Crippen molar-refractivity contribution in [2.75, 3.05) is 19.6 Å². The van der Waals surface area contributed by atoms with Gasteiger partial charge in [0.1, 0.15) is 11.2 Å². The summed E-state index contributed by atoms with van der Waals surface area (Å²) < 4.78 is 41.2. The molecule has 3 aliphatic rings. The number of benzene rings is 2. The van der Waals surface area contributed by atoms with Gasteiger partial charge >= 0.3 is 12.2 Å². The number of nitrogens with zero attached hydrogens (tertiary/aromatic N) is 3. The van der Waals surface area contributed by atoms with Crippen molar-refractivity contribution in [2.24, 2.45) is 0 Å². The monoisotopic (exact) mass is 673 g/mol.